The number of amidine groups is 2. The maximum Gasteiger partial charge on any atom is 0.283 e. The zero-order chi connectivity index (χ0) is 27.5. The van der Waals surface area contributed by atoms with Gasteiger partial charge in [-0.3, -0.25) is 15.1 Å². The summed E-state index contributed by atoms with van der Waals surface area (Å²) in [6.45, 7) is 4.70. The third-order valence-corrected chi connectivity index (χ3v) is 7.65. The molecule has 0 unspecified atom stereocenters. The van der Waals surface area contributed by atoms with Gasteiger partial charge in [-0.2, -0.15) is 4.99 Å². The zero-order valence-electron chi connectivity index (χ0n) is 21.7. The van der Waals surface area contributed by atoms with E-state index in [0.717, 1.165) is 28.1 Å². The van der Waals surface area contributed by atoms with Gasteiger partial charge in [0.05, 0.1) is 22.9 Å². The highest BCUT2D eigenvalue weighted by Gasteiger charge is 2.36. The Balaban J connectivity index is 1.34. The molecule has 0 saturated heterocycles. The van der Waals surface area contributed by atoms with E-state index in [1.165, 1.54) is 11.8 Å². The number of amides is 1. The average Bonchev–Trinajstić information content (AvgIpc) is 3.35. The topological polar surface area (TPSA) is 84.2 Å². The second-order valence-corrected chi connectivity index (χ2v) is 10.6. The molecule has 7 nitrogen and oxygen atoms in total. The average molecular weight is 605 g/mol. The largest absolute Gasteiger partial charge is 0.493 e. The van der Waals surface area contributed by atoms with Crippen molar-refractivity contribution in [2.45, 2.75) is 13.8 Å². The van der Waals surface area contributed by atoms with Crippen LogP contribution in [0.5, 0.6) is 17.2 Å². The van der Waals surface area contributed by atoms with Crippen LogP contribution in [0.25, 0.3) is 11.8 Å². The molecule has 0 atom stereocenters. The van der Waals surface area contributed by atoms with E-state index < -0.39 is 5.91 Å². The molecule has 0 fully saturated rings. The first-order valence-corrected chi connectivity index (χ1v) is 13.9. The normalized spacial score (nSPS) is 15.7. The van der Waals surface area contributed by atoms with E-state index in [9.17, 15) is 4.79 Å². The lowest BCUT2D eigenvalue weighted by Gasteiger charge is -2.27. The summed E-state index contributed by atoms with van der Waals surface area (Å²) in [4.78, 5) is 18.8. The van der Waals surface area contributed by atoms with Gasteiger partial charge < -0.3 is 14.2 Å². The number of thioether (sulfide) groups is 1. The lowest BCUT2D eigenvalue weighted by molar-refractivity contribution is -0.114. The number of nitrogens with zero attached hydrogens (tertiary/aromatic N) is 2. The number of carbonyl (C=O) groups is 1. The molecule has 3 aromatic carbocycles. The van der Waals surface area contributed by atoms with Crippen molar-refractivity contribution in [3.63, 3.8) is 0 Å². The van der Waals surface area contributed by atoms with Crippen molar-refractivity contribution in [1.82, 2.24) is 4.90 Å². The molecule has 5 rings (SSSR count). The Kier molecular flexibility index (Phi) is 7.90. The molecule has 0 aromatic heterocycles. The Morgan fingerprint density at radius 2 is 1.69 bits per heavy atom. The number of benzene rings is 3. The number of aryl methyl sites for hydroxylation is 2. The SMILES string of the molecule is COc1cc(/C=C2/C(=N)N3C(c4ccccc4)=CSC3=NC2=O)cc(Br)c1OCCOc1c(C)cccc1C. The number of nitrogens with one attached hydrogen (secondary N) is 1. The summed E-state index contributed by atoms with van der Waals surface area (Å²) in [7, 11) is 1.56. The van der Waals surface area contributed by atoms with Crippen LogP contribution >= 0.6 is 27.7 Å². The summed E-state index contributed by atoms with van der Waals surface area (Å²) in [5, 5.41) is 11.3. The van der Waals surface area contributed by atoms with Gasteiger partial charge in [0.15, 0.2) is 16.7 Å². The van der Waals surface area contributed by atoms with Crippen molar-refractivity contribution in [1.29, 1.82) is 5.41 Å². The van der Waals surface area contributed by atoms with Gasteiger partial charge in [0, 0.05) is 5.41 Å². The molecule has 1 N–H and O–H groups in total. The predicted octanol–water partition coefficient (Wildman–Crippen LogP) is 6.84. The van der Waals surface area contributed by atoms with E-state index in [2.05, 4.69) is 20.9 Å². The van der Waals surface area contributed by atoms with Crippen molar-refractivity contribution < 1.29 is 19.0 Å². The molecule has 39 heavy (non-hydrogen) atoms. The summed E-state index contributed by atoms with van der Waals surface area (Å²) in [5.41, 5.74) is 4.76. The van der Waals surface area contributed by atoms with E-state index in [0.29, 0.717) is 39.9 Å². The number of carbonyl (C=O) groups excluding carboxylic acids is 1. The van der Waals surface area contributed by atoms with Gasteiger partial charge in [-0.15, -0.1) is 0 Å². The van der Waals surface area contributed by atoms with Gasteiger partial charge in [-0.1, -0.05) is 60.3 Å². The lowest BCUT2D eigenvalue weighted by Crippen LogP contribution is -2.38. The number of halogens is 1. The van der Waals surface area contributed by atoms with E-state index >= 15 is 0 Å². The van der Waals surface area contributed by atoms with Gasteiger partial charge in [0.1, 0.15) is 24.8 Å². The first kappa shape index (κ1) is 26.8. The van der Waals surface area contributed by atoms with Gasteiger partial charge in [0.2, 0.25) is 0 Å². The number of methoxy groups -OCH3 is 1. The fourth-order valence-corrected chi connectivity index (χ4v) is 5.82. The van der Waals surface area contributed by atoms with Crippen LogP contribution in [-0.2, 0) is 4.79 Å². The Hall–Kier alpha value is -3.82. The molecule has 1 amide bonds. The standard InChI is InChI=1S/C30H26BrN3O4S/c1-18-8-7-9-19(2)26(18)37-12-13-38-27-23(31)15-20(16-25(27)36-3)14-22-28(32)34-24(21-10-5-4-6-11-21)17-39-30(34)33-29(22)35/h4-11,14-17,32H,12-13H2,1-3H3/b22-14-,32-28?. The van der Waals surface area contributed by atoms with Crippen LogP contribution in [0.2, 0.25) is 0 Å². The van der Waals surface area contributed by atoms with Crippen molar-refractivity contribution in [2.75, 3.05) is 20.3 Å². The van der Waals surface area contributed by atoms with Gasteiger partial charge >= 0.3 is 0 Å². The van der Waals surface area contributed by atoms with Crippen LogP contribution in [0, 0.1) is 19.3 Å². The van der Waals surface area contributed by atoms with Crippen LogP contribution in [0.4, 0.5) is 0 Å². The van der Waals surface area contributed by atoms with Crippen molar-refractivity contribution in [2.24, 2.45) is 4.99 Å². The maximum atomic E-state index is 12.9. The highest BCUT2D eigenvalue weighted by Crippen LogP contribution is 2.40. The van der Waals surface area contributed by atoms with Crippen LogP contribution in [0.1, 0.15) is 22.3 Å². The number of hydrogen-bond donors (Lipinski definition) is 1. The van der Waals surface area contributed by atoms with Gasteiger partial charge in [-0.05, 0) is 70.2 Å². The number of fused-ring (bicyclic) bond motifs is 1. The molecule has 2 aliphatic heterocycles. The van der Waals surface area contributed by atoms with Gasteiger partial charge in [-0.25, -0.2) is 0 Å². The first-order chi connectivity index (χ1) is 18.9. The van der Waals surface area contributed by atoms with E-state index in [1.807, 2.05) is 73.9 Å². The third kappa shape index (κ3) is 5.51. The molecule has 3 aromatic rings. The molecule has 2 aliphatic rings. The summed E-state index contributed by atoms with van der Waals surface area (Å²) in [6.07, 6.45) is 1.65. The van der Waals surface area contributed by atoms with Crippen molar-refractivity contribution >= 4 is 56.4 Å². The Morgan fingerprint density at radius 3 is 2.38 bits per heavy atom. The number of rotatable bonds is 8. The summed E-state index contributed by atoms with van der Waals surface area (Å²) in [5.74, 6) is 1.50. The summed E-state index contributed by atoms with van der Waals surface area (Å²) in [6, 6.07) is 19.4. The minimum Gasteiger partial charge on any atom is -0.493 e. The molecule has 2 heterocycles. The molecule has 0 aliphatic carbocycles. The highest BCUT2D eigenvalue weighted by atomic mass is 79.9. The van der Waals surface area contributed by atoms with E-state index in [4.69, 9.17) is 19.6 Å². The highest BCUT2D eigenvalue weighted by molar-refractivity contribution is 9.10. The molecule has 0 spiro atoms. The zero-order valence-corrected chi connectivity index (χ0v) is 24.1. The molecule has 198 valence electrons. The smallest absolute Gasteiger partial charge is 0.283 e. The van der Waals surface area contributed by atoms with Crippen LogP contribution in [0.3, 0.4) is 0 Å². The van der Waals surface area contributed by atoms with E-state index in [-0.39, 0.29) is 11.4 Å². The lowest BCUT2D eigenvalue weighted by atomic mass is 10.1. The monoisotopic (exact) mass is 603 g/mol. The second kappa shape index (κ2) is 11.5. The minimum absolute atomic E-state index is 0.0733. The Bertz CT molecular complexity index is 1530. The quantitative estimate of drug-likeness (QED) is 0.224. The predicted molar refractivity (Wildman–Crippen MR) is 160 cm³/mol. The number of hydrogen-bond acceptors (Lipinski definition) is 6. The molecule has 0 radical (unpaired) electrons. The second-order valence-electron chi connectivity index (χ2n) is 8.88. The minimum atomic E-state index is -0.458. The van der Waals surface area contributed by atoms with Crippen molar-refractivity contribution in [3.05, 3.63) is 98.4 Å². The number of para-hydroxylation sites is 1. The van der Waals surface area contributed by atoms with Crippen molar-refractivity contribution in [3.8, 4) is 17.2 Å². The fourth-order valence-electron chi connectivity index (χ4n) is 4.36. The van der Waals surface area contributed by atoms with Crippen LogP contribution in [-0.4, -0.2) is 42.1 Å². The van der Waals surface area contributed by atoms with Crippen LogP contribution in [0.15, 0.2) is 81.1 Å². The molecule has 9 heteroatoms. The fraction of sp³-hybridized carbons (Fsp3) is 0.167. The molecular weight excluding hydrogens is 578 g/mol. The third-order valence-electron chi connectivity index (χ3n) is 6.23. The summed E-state index contributed by atoms with van der Waals surface area (Å²) >= 11 is 4.91. The number of aliphatic imine (C=N–C) groups is 1. The maximum absolute atomic E-state index is 12.9. The summed E-state index contributed by atoms with van der Waals surface area (Å²) < 4.78 is 18.2. The van der Waals surface area contributed by atoms with Crippen LogP contribution < -0.4 is 14.2 Å². The molecule has 0 saturated carbocycles. The number of ether oxygens (including phenoxy) is 3. The van der Waals surface area contributed by atoms with Gasteiger partial charge in [0.25, 0.3) is 5.91 Å². The Labute approximate surface area is 239 Å². The van der Waals surface area contributed by atoms with E-state index in [1.54, 1.807) is 24.2 Å². The molecule has 0 bridgehead atoms. The molecular formula is C30H26BrN3O4S. The first-order valence-electron chi connectivity index (χ1n) is 12.2. The Morgan fingerprint density at radius 1 is 1.00 bits per heavy atom.